The van der Waals surface area contributed by atoms with E-state index in [0.717, 1.165) is 45.9 Å². The molecule has 3 nitrogen and oxygen atoms in total. The number of hydrogen-bond donors (Lipinski definition) is 2. The molecule has 0 amide bonds. The zero-order valence-electron chi connectivity index (χ0n) is 22.7. The highest BCUT2D eigenvalue weighted by atomic mass is 15.3. The molecule has 41 heavy (non-hydrogen) atoms. The number of nitrogens with zero attached hydrogens (tertiary/aromatic N) is 1. The molecule has 0 spiro atoms. The van der Waals surface area contributed by atoms with Crippen molar-refractivity contribution >= 4 is 17.1 Å². The van der Waals surface area contributed by atoms with Gasteiger partial charge in [0.25, 0.3) is 0 Å². The third-order valence-electron chi connectivity index (χ3n) is 8.04. The largest absolute Gasteiger partial charge is 0.398 e. The normalized spacial score (nSPS) is 14.1. The van der Waals surface area contributed by atoms with Crippen LogP contribution in [0.3, 0.4) is 0 Å². The summed E-state index contributed by atoms with van der Waals surface area (Å²) in [5, 5.41) is 0. The van der Waals surface area contributed by atoms with Crippen LogP contribution in [0.25, 0.3) is 44.5 Å². The van der Waals surface area contributed by atoms with E-state index in [0.29, 0.717) is 0 Å². The van der Waals surface area contributed by atoms with Gasteiger partial charge in [-0.2, -0.15) is 0 Å². The van der Waals surface area contributed by atoms with Crippen molar-refractivity contribution in [2.45, 2.75) is 6.04 Å². The second-order valence-electron chi connectivity index (χ2n) is 10.6. The Morgan fingerprint density at radius 1 is 0.463 bits per heavy atom. The Labute approximate surface area is 241 Å². The van der Waals surface area contributed by atoms with Crippen LogP contribution < -0.4 is 16.4 Å². The van der Waals surface area contributed by atoms with Gasteiger partial charge in [-0.1, -0.05) is 115 Å². The van der Waals surface area contributed by atoms with Gasteiger partial charge in [0.2, 0.25) is 0 Å². The molecule has 6 aromatic rings. The maximum Gasteiger partial charge on any atom is 0.0740 e. The summed E-state index contributed by atoms with van der Waals surface area (Å²) >= 11 is 0. The Bertz CT molecular complexity index is 1830. The lowest BCUT2D eigenvalue weighted by molar-refractivity contribution is 1.13. The van der Waals surface area contributed by atoms with E-state index in [1.165, 1.54) is 27.8 Å². The Balaban J connectivity index is 1.28. The van der Waals surface area contributed by atoms with Gasteiger partial charge in [0, 0.05) is 23.4 Å². The molecule has 4 N–H and O–H groups in total. The van der Waals surface area contributed by atoms with Gasteiger partial charge in [-0.05, 0) is 69.3 Å². The lowest BCUT2D eigenvalue weighted by Gasteiger charge is -2.17. The first-order valence-corrected chi connectivity index (χ1v) is 14.0. The van der Waals surface area contributed by atoms with Gasteiger partial charge in [0.15, 0.2) is 0 Å². The number of benzene rings is 6. The highest BCUT2D eigenvalue weighted by Crippen LogP contribution is 2.47. The fraction of sp³-hybridized carbons (Fsp3) is 0.0526. The second-order valence-corrected chi connectivity index (χ2v) is 10.6. The Morgan fingerprint density at radius 2 is 1.00 bits per heavy atom. The minimum absolute atomic E-state index is 0.191. The predicted octanol–water partition coefficient (Wildman–Crippen LogP) is 9.08. The first kappa shape index (κ1) is 24.7. The van der Waals surface area contributed by atoms with Gasteiger partial charge in [0.05, 0.1) is 17.4 Å². The number of nitrogens with two attached hydrogens (primary N) is 2. The highest BCUT2D eigenvalue weighted by Gasteiger charge is 2.38. The molecule has 0 unspecified atom stereocenters. The van der Waals surface area contributed by atoms with Crippen molar-refractivity contribution in [3.63, 3.8) is 0 Å². The van der Waals surface area contributed by atoms with Crippen LogP contribution >= 0.6 is 0 Å². The van der Waals surface area contributed by atoms with Crippen LogP contribution in [0.5, 0.6) is 0 Å². The summed E-state index contributed by atoms with van der Waals surface area (Å²) in [6.45, 7) is 0.893. The molecule has 7 rings (SSSR count). The van der Waals surface area contributed by atoms with Crippen LogP contribution in [0, 0.1) is 0 Å². The van der Waals surface area contributed by atoms with E-state index in [2.05, 4.69) is 120 Å². The van der Waals surface area contributed by atoms with Gasteiger partial charge < -0.3 is 16.4 Å². The van der Waals surface area contributed by atoms with E-state index in [9.17, 15) is 0 Å². The SMILES string of the molecule is Nc1ccccc1N1C[C@H]1c1cc(-c2cccc(-c3ccc(-c4ccccc4)cc3)c2)cc(-c2ccccc2)c1N. The predicted molar refractivity (Wildman–Crippen MR) is 174 cm³/mol. The molecule has 0 aromatic heterocycles. The molecule has 0 saturated carbocycles. The van der Waals surface area contributed by atoms with Crippen molar-refractivity contribution in [2.75, 3.05) is 22.9 Å². The molecule has 198 valence electrons. The van der Waals surface area contributed by atoms with Gasteiger partial charge in [-0.25, -0.2) is 0 Å². The van der Waals surface area contributed by atoms with Crippen molar-refractivity contribution in [3.8, 4) is 44.5 Å². The molecular formula is C38H31N3. The average Bonchev–Trinajstić information content (AvgIpc) is 3.83. The maximum absolute atomic E-state index is 6.91. The summed E-state index contributed by atoms with van der Waals surface area (Å²) in [6, 6.07) is 51.2. The van der Waals surface area contributed by atoms with E-state index >= 15 is 0 Å². The fourth-order valence-electron chi connectivity index (χ4n) is 5.76. The van der Waals surface area contributed by atoms with E-state index in [4.69, 9.17) is 11.5 Å². The molecule has 1 fully saturated rings. The summed E-state index contributed by atoms with van der Waals surface area (Å²) in [5.41, 5.74) is 26.4. The van der Waals surface area contributed by atoms with Crippen molar-refractivity contribution in [2.24, 2.45) is 0 Å². The molecule has 6 aromatic carbocycles. The molecule has 1 heterocycles. The standard InChI is InChI=1S/C38H31N3/c39-35-16-7-8-17-36(35)41-25-37(41)34-24-32(23-33(38(34)40)29-12-5-2-6-13-29)31-15-9-14-30(22-31)28-20-18-27(19-21-28)26-10-3-1-4-11-26/h1-24,37H,25,39-40H2/t37-,41?/m0/s1. The highest BCUT2D eigenvalue weighted by molar-refractivity contribution is 5.87. The molecule has 0 bridgehead atoms. The summed E-state index contributed by atoms with van der Waals surface area (Å²) in [5.74, 6) is 0. The van der Waals surface area contributed by atoms with Crippen molar-refractivity contribution in [1.82, 2.24) is 0 Å². The minimum atomic E-state index is 0.191. The molecule has 1 saturated heterocycles. The summed E-state index contributed by atoms with van der Waals surface area (Å²) in [7, 11) is 0. The van der Waals surface area contributed by atoms with Gasteiger partial charge in [-0.15, -0.1) is 0 Å². The summed E-state index contributed by atoms with van der Waals surface area (Å²) in [6.07, 6.45) is 0. The van der Waals surface area contributed by atoms with Crippen LogP contribution in [0.2, 0.25) is 0 Å². The van der Waals surface area contributed by atoms with Crippen LogP contribution in [0.4, 0.5) is 17.1 Å². The number of anilines is 3. The molecule has 1 aliphatic heterocycles. The molecule has 1 aliphatic rings. The second kappa shape index (κ2) is 10.4. The Hall–Kier alpha value is -5.28. The molecule has 1 atom stereocenters. The van der Waals surface area contributed by atoms with Crippen LogP contribution in [0.1, 0.15) is 11.6 Å². The molecular weight excluding hydrogens is 498 g/mol. The smallest absolute Gasteiger partial charge is 0.0740 e. The lowest BCUT2D eigenvalue weighted by Crippen LogP contribution is -2.03. The quantitative estimate of drug-likeness (QED) is 0.167. The van der Waals surface area contributed by atoms with Crippen LogP contribution in [-0.4, -0.2) is 6.54 Å². The lowest BCUT2D eigenvalue weighted by atomic mass is 9.91. The Kier molecular flexibility index (Phi) is 6.25. The summed E-state index contributed by atoms with van der Waals surface area (Å²) < 4.78 is 0. The fourth-order valence-corrected chi connectivity index (χ4v) is 5.76. The van der Waals surface area contributed by atoms with Gasteiger partial charge in [-0.3, -0.25) is 0 Å². The molecule has 0 radical (unpaired) electrons. The third kappa shape index (κ3) is 4.83. The van der Waals surface area contributed by atoms with Crippen molar-refractivity contribution in [1.29, 1.82) is 0 Å². The first-order valence-electron chi connectivity index (χ1n) is 14.0. The van der Waals surface area contributed by atoms with E-state index < -0.39 is 0 Å². The van der Waals surface area contributed by atoms with Crippen LogP contribution in [-0.2, 0) is 0 Å². The van der Waals surface area contributed by atoms with Crippen molar-refractivity contribution in [3.05, 3.63) is 151 Å². The topological polar surface area (TPSA) is 55.0 Å². The van der Waals surface area contributed by atoms with Gasteiger partial charge >= 0.3 is 0 Å². The van der Waals surface area contributed by atoms with Gasteiger partial charge in [0.1, 0.15) is 0 Å². The number of hydrogen-bond acceptors (Lipinski definition) is 3. The van der Waals surface area contributed by atoms with Crippen LogP contribution in [0.15, 0.2) is 146 Å². The zero-order chi connectivity index (χ0) is 27.8. The summed E-state index contributed by atoms with van der Waals surface area (Å²) in [4.78, 5) is 2.32. The molecule has 3 heteroatoms. The minimum Gasteiger partial charge on any atom is -0.398 e. The third-order valence-corrected chi connectivity index (χ3v) is 8.04. The van der Waals surface area contributed by atoms with E-state index in [1.54, 1.807) is 0 Å². The number of rotatable bonds is 6. The number of para-hydroxylation sites is 2. The molecule has 0 aliphatic carbocycles. The number of nitrogen functional groups attached to an aromatic ring is 2. The van der Waals surface area contributed by atoms with E-state index in [1.807, 2.05) is 30.3 Å². The van der Waals surface area contributed by atoms with E-state index in [-0.39, 0.29) is 6.04 Å². The van der Waals surface area contributed by atoms with Crippen molar-refractivity contribution < 1.29 is 0 Å². The monoisotopic (exact) mass is 529 g/mol. The maximum atomic E-state index is 6.91. The first-order chi connectivity index (χ1) is 20.2. The Morgan fingerprint density at radius 3 is 1.68 bits per heavy atom. The average molecular weight is 530 g/mol. The zero-order valence-corrected chi connectivity index (χ0v) is 22.7.